The third kappa shape index (κ3) is 4.96. The van der Waals surface area contributed by atoms with Gasteiger partial charge in [0.1, 0.15) is 11.4 Å². The molecular formula is C28H26ClNO3S. The number of aromatic nitrogens is 1. The van der Waals surface area contributed by atoms with Crippen molar-refractivity contribution in [2.45, 2.75) is 48.5 Å². The molecule has 1 saturated carbocycles. The van der Waals surface area contributed by atoms with Crippen molar-refractivity contribution in [2.75, 3.05) is 6.61 Å². The molecule has 174 valence electrons. The van der Waals surface area contributed by atoms with Gasteiger partial charge in [-0.2, -0.15) is 0 Å². The van der Waals surface area contributed by atoms with Crippen molar-refractivity contribution in [3.05, 3.63) is 83.5 Å². The largest absolute Gasteiger partial charge is 0.490 e. The highest BCUT2D eigenvalue weighted by Gasteiger charge is 2.20. The number of ether oxygens (including phenoxy) is 2. The third-order valence-electron chi connectivity index (χ3n) is 5.99. The van der Waals surface area contributed by atoms with E-state index in [1.165, 1.54) is 12.8 Å². The molecule has 0 bridgehead atoms. The van der Waals surface area contributed by atoms with Gasteiger partial charge in [-0.05, 0) is 99.3 Å². The molecule has 0 spiro atoms. The maximum atomic E-state index is 12.8. The van der Waals surface area contributed by atoms with Crippen LogP contribution in [0.25, 0.3) is 16.6 Å². The van der Waals surface area contributed by atoms with E-state index in [1.54, 1.807) is 11.8 Å². The van der Waals surface area contributed by atoms with Gasteiger partial charge in [0.15, 0.2) is 0 Å². The second-order valence-electron chi connectivity index (χ2n) is 8.38. The van der Waals surface area contributed by atoms with Crippen LogP contribution < -0.4 is 4.74 Å². The summed E-state index contributed by atoms with van der Waals surface area (Å²) in [6, 6.07) is 23.9. The lowest BCUT2D eigenvalue weighted by Crippen LogP contribution is -2.12. The first-order valence-corrected chi connectivity index (χ1v) is 12.8. The summed E-state index contributed by atoms with van der Waals surface area (Å²) in [4.78, 5) is 15.0. The average Bonchev–Trinajstić information content (AvgIpc) is 3.47. The summed E-state index contributed by atoms with van der Waals surface area (Å²) in [6.07, 6.45) is 5.01. The average molecular weight is 492 g/mol. The quantitative estimate of drug-likeness (QED) is 0.246. The maximum absolute atomic E-state index is 12.8. The summed E-state index contributed by atoms with van der Waals surface area (Å²) in [5.74, 6) is 0.527. The minimum absolute atomic E-state index is 0.309. The number of carbonyl (C=O) groups excluding carboxylic acids is 1. The Bertz CT molecular complexity index is 1310. The second-order valence-corrected chi connectivity index (χ2v) is 9.97. The van der Waals surface area contributed by atoms with Crippen LogP contribution >= 0.6 is 23.4 Å². The fraction of sp³-hybridized carbons (Fsp3) is 0.250. The summed E-state index contributed by atoms with van der Waals surface area (Å²) in [5.41, 5.74) is 2.35. The van der Waals surface area contributed by atoms with Crippen LogP contribution in [0.4, 0.5) is 0 Å². The predicted octanol–water partition coefficient (Wildman–Crippen LogP) is 7.93. The van der Waals surface area contributed by atoms with Gasteiger partial charge < -0.3 is 14.0 Å². The normalized spacial score (nSPS) is 13.9. The number of nitrogens with zero attached hydrogens (tertiary/aromatic N) is 1. The number of halogens is 1. The van der Waals surface area contributed by atoms with E-state index in [9.17, 15) is 4.79 Å². The first-order valence-electron chi connectivity index (χ1n) is 11.6. The molecule has 0 atom stereocenters. The van der Waals surface area contributed by atoms with Gasteiger partial charge in [0.2, 0.25) is 0 Å². The molecule has 0 aliphatic heterocycles. The van der Waals surface area contributed by atoms with Crippen molar-refractivity contribution in [2.24, 2.45) is 0 Å². The number of hydrogen-bond donors (Lipinski definition) is 0. The lowest BCUT2D eigenvalue weighted by molar-refractivity contribution is 0.0517. The standard InChI is InChI=1S/C28H26ClNO3S/c1-2-32-28(31)27-17-19-16-25(34-24-9-5-6-20(29)18-24)14-15-26(19)30(27)21-10-12-23(13-11-21)33-22-7-3-4-8-22/h5-6,9-18,22H,2-4,7-8H2,1H3. The Kier molecular flexibility index (Phi) is 6.84. The van der Waals surface area contributed by atoms with Gasteiger partial charge >= 0.3 is 5.97 Å². The van der Waals surface area contributed by atoms with Crippen LogP contribution in [-0.4, -0.2) is 23.2 Å². The Morgan fingerprint density at radius 1 is 1.00 bits per heavy atom. The van der Waals surface area contributed by atoms with Gasteiger partial charge in [0.25, 0.3) is 0 Å². The van der Waals surface area contributed by atoms with E-state index in [2.05, 4.69) is 12.1 Å². The maximum Gasteiger partial charge on any atom is 0.355 e. The minimum atomic E-state index is -0.339. The molecule has 1 aromatic heterocycles. The zero-order valence-corrected chi connectivity index (χ0v) is 20.6. The molecule has 5 rings (SSSR count). The predicted molar refractivity (Wildman–Crippen MR) is 138 cm³/mol. The molecular weight excluding hydrogens is 466 g/mol. The number of benzene rings is 3. The van der Waals surface area contributed by atoms with E-state index in [1.807, 2.05) is 72.2 Å². The topological polar surface area (TPSA) is 40.5 Å². The van der Waals surface area contributed by atoms with Crippen molar-refractivity contribution < 1.29 is 14.3 Å². The highest BCUT2D eigenvalue weighted by Crippen LogP contribution is 2.34. The van der Waals surface area contributed by atoms with Crippen molar-refractivity contribution >= 4 is 40.2 Å². The highest BCUT2D eigenvalue weighted by atomic mass is 35.5. The van der Waals surface area contributed by atoms with E-state index >= 15 is 0 Å². The second kappa shape index (κ2) is 10.2. The van der Waals surface area contributed by atoms with Gasteiger partial charge in [0, 0.05) is 25.9 Å². The number of hydrogen-bond acceptors (Lipinski definition) is 4. The molecule has 1 aliphatic rings. The molecule has 0 radical (unpaired) electrons. The van der Waals surface area contributed by atoms with Crippen LogP contribution in [0, 0.1) is 0 Å². The Hall–Kier alpha value is -2.89. The molecule has 1 heterocycles. The van der Waals surface area contributed by atoms with E-state index in [0.29, 0.717) is 23.4 Å². The van der Waals surface area contributed by atoms with Gasteiger partial charge in [-0.25, -0.2) is 4.79 Å². The molecule has 3 aromatic carbocycles. The summed E-state index contributed by atoms with van der Waals surface area (Å²) in [7, 11) is 0. The number of fused-ring (bicyclic) bond motifs is 1. The van der Waals surface area contributed by atoms with Crippen molar-refractivity contribution in [1.29, 1.82) is 0 Å². The van der Waals surface area contributed by atoms with Gasteiger partial charge in [-0.15, -0.1) is 0 Å². The molecule has 34 heavy (non-hydrogen) atoms. The van der Waals surface area contributed by atoms with Gasteiger partial charge in [-0.3, -0.25) is 0 Å². The molecule has 1 fully saturated rings. The van der Waals surface area contributed by atoms with Crippen LogP contribution in [0.2, 0.25) is 5.02 Å². The lowest BCUT2D eigenvalue weighted by atomic mass is 10.2. The Morgan fingerprint density at radius 3 is 2.50 bits per heavy atom. The third-order valence-corrected chi connectivity index (χ3v) is 7.20. The SMILES string of the molecule is CCOC(=O)c1cc2cc(Sc3cccc(Cl)c3)ccc2n1-c1ccc(OC2CCCC2)cc1. The van der Waals surface area contributed by atoms with E-state index < -0.39 is 0 Å². The van der Waals surface area contributed by atoms with Crippen LogP contribution in [0.1, 0.15) is 43.1 Å². The van der Waals surface area contributed by atoms with Crippen molar-refractivity contribution in [1.82, 2.24) is 4.57 Å². The summed E-state index contributed by atoms with van der Waals surface area (Å²) in [5, 5.41) is 1.68. The minimum Gasteiger partial charge on any atom is -0.490 e. The fourth-order valence-corrected chi connectivity index (χ4v) is 5.61. The van der Waals surface area contributed by atoms with Crippen molar-refractivity contribution in [3.8, 4) is 11.4 Å². The number of rotatable bonds is 7. The van der Waals surface area contributed by atoms with Crippen LogP contribution in [-0.2, 0) is 4.74 Å². The fourth-order valence-electron chi connectivity index (χ4n) is 4.43. The highest BCUT2D eigenvalue weighted by molar-refractivity contribution is 7.99. The molecule has 4 nitrogen and oxygen atoms in total. The van der Waals surface area contributed by atoms with Gasteiger partial charge in [-0.1, -0.05) is 29.4 Å². The van der Waals surface area contributed by atoms with Crippen LogP contribution in [0.5, 0.6) is 5.75 Å². The Morgan fingerprint density at radius 2 is 1.76 bits per heavy atom. The van der Waals surface area contributed by atoms with E-state index in [-0.39, 0.29) is 5.97 Å². The molecule has 0 saturated heterocycles. The van der Waals surface area contributed by atoms with E-state index in [4.69, 9.17) is 21.1 Å². The van der Waals surface area contributed by atoms with Crippen LogP contribution in [0.3, 0.4) is 0 Å². The van der Waals surface area contributed by atoms with E-state index in [0.717, 1.165) is 45.0 Å². The Labute approximate surface area is 208 Å². The number of esters is 1. The smallest absolute Gasteiger partial charge is 0.355 e. The summed E-state index contributed by atoms with van der Waals surface area (Å²) < 4.78 is 13.4. The number of carbonyl (C=O) groups is 1. The molecule has 0 N–H and O–H groups in total. The first-order chi connectivity index (χ1) is 16.6. The zero-order chi connectivity index (χ0) is 23.5. The summed E-state index contributed by atoms with van der Waals surface area (Å²) >= 11 is 7.78. The molecule has 1 aliphatic carbocycles. The molecule has 4 aromatic rings. The first kappa shape index (κ1) is 22.9. The van der Waals surface area contributed by atoms with Crippen LogP contribution in [0.15, 0.2) is 82.6 Å². The summed E-state index contributed by atoms with van der Waals surface area (Å²) in [6.45, 7) is 2.14. The lowest BCUT2D eigenvalue weighted by Gasteiger charge is -2.15. The zero-order valence-electron chi connectivity index (χ0n) is 19.0. The van der Waals surface area contributed by atoms with Gasteiger partial charge in [0.05, 0.1) is 18.2 Å². The molecule has 6 heteroatoms. The molecule has 0 amide bonds. The Balaban J connectivity index is 1.49. The molecule has 0 unspecified atom stereocenters. The monoisotopic (exact) mass is 491 g/mol. The van der Waals surface area contributed by atoms with Crippen molar-refractivity contribution in [3.63, 3.8) is 0 Å².